The van der Waals surface area contributed by atoms with E-state index in [-0.39, 0.29) is 0 Å². The Morgan fingerprint density at radius 3 is 2.80 bits per heavy atom. The molecule has 0 amide bonds. The molecule has 0 saturated heterocycles. The molecular formula is C9H11N5S. The van der Waals surface area contributed by atoms with E-state index in [1.165, 1.54) is 11.8 Å². The monoisotopic (exact) mass is 221 g/mol. The van der Waals surface area contributed by atoms with E-state index in [4.69, 9.17) is 5.73 Å². The summed E-state index contributed by atoms with van der Waals surface area (Å²) in [4.78, 5) is 4.94. The first-order valence-electron chi connectivity index (χ1n) is 4.42. The average molecular weight is 221 g/mol. The molecule has 0 aliphatic heterocycles. The molecule has 0 bridgehead atoms. The number of nitrogen functional groups attached to an aromatic ring is 1. The maximum absolute atomic E-state index is 5.59. The van der Waals surface area contributed by atoms with Gasteiger partial charge in [-0.2, -0.15) is 0 Å². The predicted octanol–water partition coefficient (Wildman–Crippen LogP) is 1.25. The second-order valence-corrected chi connectivity index (χ2v) is 4.15. The molecule has 2 heterocycles. The van der Waals surface area contributed by atoms with Crippen LogP contribution < -0.4 is 5.73 Å². The minimum atomic E-state index is 0.513. The third kappa shape index (κ3) is 2.10. The lowest BCUT2D eigenvalue weighted by atomic mass is 10.5. The van der Waals surface area contributed by atoms with Crippen LogP contribution >= 0.6 is 11.8 Å². The molecule has 5 nitrogen and oxygen atoms in total. The molecule has 0 aliphatic rings. The van der Waals surface area contributed by atoms with E-state index in [0.717, 1.165) is 15.9 Å². The number of hydrogen-bond donors (Lipinski definition) is 1. The average Bonchev–Trinajstić information content (AvgIpc) is 2.50. The zero-order valence-electron chi connectivity index (χ0n) is 8.51. The SMILES string of the molecule is Cc1nnc(Sc2ccnc(N)c2)n1C. The highest BCUT2D eigenvalue weighted by atomic mass is 32.2. The first kappa shape index (κ1) is 9.97. The van der Waals surface area contributed by atoms with Crippen molar-refractivity contribution in [1.29, 1.82) is 0 Å². The Kier molecular flexibility index (Phi) is 2.59. The Hall–Kier alpha value is -1.56. The molecular weight excluding hydrogens is 210 g/mol. The Morgan fingerprint density at radius 1 is 1.40 bits per heavy atom. The van der Waals surface area contributed by atoms with Gasteiger partial charge in [0.25, 0.3) is 0 Å². The van der Waals surface area contributed by atoms with E-state index in [2.05, 4.69) is 15.2 Å². The molecule has 0 saturated carbocycles. The largest absolute Gasteiger partial charge is 0.384 e. The number of anilines is 1. The molecule has 2 rings (SSSR count). The summed E-state index contributed by atoms with van der Waals surface area (Å²) < 4.78 is 1.93. The van der Waals surface area contributed by atoms with Crippen molar-refractivity contribution in [2.45, 2.75) is 17.0 Å². The quantitative estimate of drug-likeness (QED) is 0.826. The van der Waals surface area contributed by atoms with E-state index < -0.39 is 0 Å². The second kappa shape index (κ2) is 3.90. The molecule has 0 unspecified atom stereocenters. The number of nitrogens with zero attached hydrogens (tertiary/aromatic N) is 4. The van der Waals surface area contributed by atoms with E-state index >= 15 is 0 Å². The number of aromatic nitrogens is 4. The number of pyridine rings is 1. The Morgan fingerprint density at radius 2 is 2.20 bits per heavy atom. The van der Waals surface area contributed by atoms with Gasteiger partial charge in [0.15, 0.2) is 5.16 Å². The smallest absolute Gasteiger partial charge is 0.195 e. The van der Waals surface area contributed by atoms with Gasteiger partial charge < -0.3 is 10.3 Å². The Balaban J connectivity index is 2.26. The van der Waals surface area contributed by atoms with Crippen molar-refractivity contribution < 1.29 is 0 Å². The third-order valence-corrected chi connectivity index (χ3v) is 3.04. The van der Waals surface area contributed by atoms with Crippen LogP contribution in [0.2, 0.25) is 0 Å². The van der Waals surface area contributed by atoms with Crippen molar-refractivity contribution in [3.05, 3.63) is 24.2 Å². The first-order valence-corrected chi connectivity index (χ1v) is 5.24. The molecule has 6 heteroatoms. The summed E-state index contributed by atoms with van der Waals surface area (Å²) in [7, 11) is 1.93. The van der Waals surface area contributed by atoms with Crippen LogP contribution in [0.5, 0.6) is 0 Å². The van der Waals surface area contributed by atoms with E-state index in [1.54, 1.807) is 6.20 Å². The lowest BCUT2D eigenvalue weighted by molar-refractivity contribution is 0.765. The summed E-state index contributed by atoms with van der Waals surface area (Å²) in [6.45, 7) is 1.91. The van der Waals surface area contributed by atoms with Gasteiger partial charge in [-0.25, -0.2) is 4.98 Å². The van der Waals surface area contributed by atoms with Crippen LogP contribution in [0, 0.1) is 6.92 Å². The summed E-state index contributed by atoms with van der Waals surface area (Å²) in [6.07, 6.45) is 1.68. The fourth-order valence-corrected chi connectivity index (χ4v) is 1.94. The normalized spacial score (nSPS) is 10.5. The highest BCUT2D eigenvalue weighted by Gasteiger charge is 2.06. The standard InChI is InChI=1S/C9H11N5S/c1-6-12-13-9(14(6)2)15-7-3-4-11-8(10)5-7/h3-5H,1-2H3,(H2,10,11). The zero-order chi connectivity index (χ0) is 10.8. The van der Waals surface area contributed by atoms with Crippen molar-refractivity contribution in [1.82, 2.24) is 19.7 Å². The van der Waals surface area contributed by atoms with Gasteiger partial charge >= 0.3 is 0 Å². The first-order chi connectivity index (χ1) is 7.16. The maximum atomic E-state index is 5.59. The van der Waals surface area contributed by atoms with Crippen LogP contribution in [0.4, 0.5) is 5.82 Å². The molecule has 2 N–H and O–H groups in total. The van der Waals surface area contributed by atoms with Crippen molar-refractivity contribution in [3.63, 3.8) is 0 Å². The number of aryl methyl sites for hydroxylation is 1. The molecule has 0 atom stereocenters. The van der Waals surface area contributed by atoms with Crippen LogP contribution in [0.25, 0.3) is 0 Å². The Bertz CT molecular complexity index is 479. The summed E-state index contributed by atoms with van der Waals surface area (Å²) in [5.41, 5.74) is 5.59. The minimum Gasteiger partial charge on any atom is -0.384 e. The molecule has 0 aromatic carbocycles. The van der Waals surface area contributed by atoms with Gasteiger partial charge in [-0.15, -0.1) is 10.2 Å². The van der Waals surface area contributed by atoms with Gasteiger partial charge in [-0.1, -0.05) is 0 Å². The summed E-state index contributed by atoms with van der Waals surface area (Å²) in [5.74, 6) is 1.40. The van der Waals surface area contributed by atoms with Crippen molar-refractivity contribution in [2.24, 2.45) is 7.05 Å². The van der Waals surface area contributed by atoms with Gasteiger partial charge in [0.1, 0.15) is 11.6 Å². The van der Waals surface area contributed by atoms with E-state index in [0.29, 0.717) is 5.82 Å². The highest BCUT2D eigenvalue weighted by Crippen LogP contribution is 2.26. The number of hydrogen-bond acceptors (Lipinski definition) is 5. The lowest BCUT2D eigenvalue weighted by Gasteiger charge is -2.01. The summed E-state index contributed by atoms with van der Waals surface area (Å²) in [5, 5.41) is 8.88. The van der Waals surface area contributed by atoms with Gasteiger partial charge in [-0.3, -0.25) is 0 Å². The van der Waals surface area contributed by atoms with Crippen LogP contribution in [-0.2, 0) is 7.05 Å². The molecule has 0 radical (unpaired) electrons. The van der Waals surface area contributed by atoms with Crippen LogP contribution in [0.1, 0.15) is 5.82 Å². The van der Waals surface area contributed by atoms with Crippen LogP contribution in [0.15, 0.2) is 28.4 Å². The number of nitrogens with two attached hydrogens (primary N) is 1. The summed E-state index contributed by atoms with van der Waals surface area (Å²) >= 11 is 1.52. The highest BCUT2D eigenvalue weighted by molar-refractivity contribution is 7.99. The molecule has 2 aromatic heterocycles. The van der Waals surface area contributed by atoms with Crippen LogP contribution in [-0.4, -0.2) is 19.7 Å². The molecule has 0 aliphatic carbocycles. The maximum Gasteiger partial charge on any atom is 0.195 e. The minimum absolute atomic E-state index is 0.513. The van der Waals surface area contributed by atoms with Crippen molar-refractivity contribution in [2.75, 3.05) is 5.73 Å². The zero-order valence-corrected chi connectivity index (χ0v) is 9.32. The fourth-order valence-electron chi connectivity index (χ4n) is 1.07. The topological polar surface area (TPSA) is 69.6 Å². The van der Waals surface area contributed by atoms with Gasteiger partial charge in [0.2, 0.25) is 0 Å². The third-order valence-electron chi connectivity index (χ3n) is 2.01. The van der Waals surface area contributed by atoms with Gasteiger partial charge in [0.05, 0.1) is 0 Å². The molecule has 0 spiro atoms. The van der Waals surface area contributed by atoms with Gasteiger partial charge in [0, 0.05) is 18.1 Å². The van der Waals surface area contributed by atoms with Crippen molar-refractivity contribution >= 4 is 17.6 Å². The fraction of sp³-hybridized carbons (Fsp3) is 0.222. The molecule has 2 aromatic rings. The predicted molar refractivity (Wildman–Crippen MR) is 58.5 cm³/mol. The number of rotatable bonds is 2. The van der Waals surface area contributed by atoms with E-state index in [1.807, 2.05) is 30.7 Å². The van der Waals surface area contributed by atoms with Crippen LogP contribution in [0.3, 0.4) is 0 Å². The van der Waals surface area contributed by atoms with Gasteiger partial charge in [-0.05, 0) is 30.8 Å². The lowest BCUT2D eigenvalue weighted by Crippen LogP contribution is -1.94. The van der Waals surface area contributed by atoms with E-state index in [9.17, 15) is 0 Å². The molecule has 78 valence electrons. The summed E-state index contributed by atoms with van der Waals surface area (Å²) in [6, 6.07) is 3.71. The Labute approximate surface area is 91.7 Å². The van der Waals surface area contributed by atoms with Crippen molar-refractivity contribution in [3.8, 4) is 0 Å². The molecule has 0 fully saturated rings. The molecule has 15 heavy (non-hydrogen) atoms. The second-order valence-electron chi connectivity index (χ2n) is 3.11.